The summed E-state index contributed by atoms with van der Waals surface area (Å²) in [4.78, 5) is 5.41. The van der Waals surface area contributed by atoms with E-state index in [2.05, 4.69) is 32.1 Å². The molecule has 4 fully saturated rings. The van der Waals surface area contributed by atoms with E-state index in [0.717, 1.165) is 41.6 Å². The Morgan fingerprint density at radius 1 is 1.08 bits per heavy atom. The van der Waals surface area contributed by atoms with Crippen LogP contribution in [-0.2, 0) is 6.54 Å². The Balaban J connectivity index is 1.26. The van der Waals surface area contributed by atoms with Gasteiger partial charge in [0, 0.05) is 38.4 Å². The summed E-state index contributed by atoms with van der Waals surface area (Å²) in [6.07, 6.45) is 7.46. The fraction of sp³-hybridized carbons (Fsp3) is 0.632. The zero-order valence-corrected chi connectivity index (χ0v) is 14.2. The molecule has 0 spiro atoms. The van der Waals surface area contributed by atoms with Crippen molar-refractivity contribution in [2.75, 3.05) is 26.2 Å². The van der Waals surface area contributed by atoms with E-state index in [9.17, 15) is 0 Å². The van der Waals surface area contributed by atoms with Gasteiger partial charge < -0.3 is 4.42 Å². The first-order valence-corrected chi connectivity index (χ1v) is 9.38. The monoisotopic (exact) mass is 326 g/mol. The highest BCUT2D eigenvalue weighted by Crippen LogP contribution is 2.35. The maximum absolute atomic E-state index is 6.04. The highest BCUT2D eigenvalue weighted by atomic mass is 16.3. The third kappa shape index (κ3) is 3.03. The molecule has 2 atom stereocenters. The van der Waals surface area contributed by atoms with Gasteiger partial charge in [-0.25, -0.2) is 0 Å². The van der Waals surface area contributed by atoms with Gasteiger partial charge in [0.25, 0.3) is 0 Å². The van der Waals surface area contributed by atoms with Crippen molar-refractivity contribution in [1.29, 1.82) is 0 Å². The summed E-state index contributed by atoms with van der Waals surface area (Å²) in [6.45, 7) is 6.01. The van der Waals surface area contributed by atoms with Crippen LogP contribution >= 0.6 is 0 Å². The molecule has 5 heteroatoms. The minimum absolute atomic E-state index is 0.756. The molecule has 2 aromatic heterocycles. The van der Waals surface area contributed by atoms with Gasteiger partial charge in [-0.1, -0.05) is 0 Å². The molecular formula is C19H26N4O. The molecule has 1 aliphatic carbocycles. The summed E-state index contributed by atoms with van der Waals surface area (Å²) in [6, 6.07) is 6.87. The highest BCUT2D eigenvalue weighted by Gasteiger charge is 2.37. The Hall–Kier alpha value is -1.59. The lowest BCUT2D eigenvalue weighted by atomic mass is 9.95. The number of rotatable bonds is 5. The molecule has 2 bridgehead atoms. The zero-order chi connectivity index (χ0) is 15.9. The number of aromatic nitrogens is 2. The minimum Gasteiger partial charge on any atom is -0.458 e. The number of hydrogen-bond donors (Lipinski definition) is 1. The smallest absolute Gasteiger partial charge is 0.152 e. The molecule has 5 nitrogen and oxygen atoms in total. The second-order valence-electron chi connectivity index (χ2n) is 7.92. The van der Waals surface area contributed by atoms with Crippen LogP contribution in [0.15, 0.2) is 28.8 Å². The number of fused-ring (bicyclic) bond motifs is 4. The number of piperidine rings is 1. The lowest BCUT2D eigenvalue weighted by Crippen LogP contribution is -2.44. The van der Waals surface area contributed by atoms with E-state index in [1.54, 1.807) is 6.20 Å². The van der Waals surface area contributed by atoms with Crippen LogP contribution in [0.2, 0.25) is 0 Å². The first-order chi connectivity index (χ1) is 11.8. The fourth-order valence-electron chi connectivity index (χ4n) is 4.48. The van der Waals surface area contributed by atoms with Gasteiger partial charge in [-0.3, -0.25) is 14.9 Å². The molecule has 4 aliphatic rings. The minimum atomic E-state index is 0.756. The van der Waals surface area contributed by atoms with Crippen molar-refractivity contribution in [3.8, 4) is 11.5 Å². The van der Waals surface area contributed by atoms with Crippen LogP contribution in [0.3, 0.4) is 0 Å². The van der Waals surface area contributed by atoms with Gasteiger partial charge in [-0.15, -0.1) is 0 Å². The number of hydrogen-bond acceptors (Lipinski definition) is 4. The van der Waals surface area contributed by atoms with Gasteiger partial charge in [0.15, 0.2) is 5.76 Å². The predicted molar refractivity (Wildman–Crippen MR) is 92.4 cm³/mol. The summed E-state index contributed by atoms with van der Waals surface area (Å²) < 4.78 is 6.04. The number of aromatic amines is 1. The zero-order valence-electron chi connectivity index (χ0n) is 14.2. The summed E-state index contributed by atoms with van der Waals surface area (Å²) in [5.41, 5.74) is 0.952. The van der Waals surface area contributed by atoms with Crippen LogP contribution in [-0.4, -0.2) is 52.2 Å². The van der Waals surface area contributed by atoms with Crippen LogP contribution in [0.5, 0.6) is 0 Å². The molecule has 5 heterocycles. The number of furan rings is 1. The Morgan fingerprint density at radius 3 is 2.88 bits per heavy atom. The van der Waals surface area contributed by atoms with Crippen LogP contribution in [0.4, 0.5) is 0 Å². The highest BCUT2D eigenvalue weighted by molar-refractivity contribution is 5.51. The third-order valence-electron chi connectivity index (χ3n) is 5.90. The maximum Gasteiger partial charge on any atom is 0.152 e. The van der Waals surface area contributed by atoms with Crippen molar-refractivity contribution < 1.29 is 4.42 Å². The quantitative estimate of drug-likeness (QED) is 0.918. The lowest BCUT2D eigenvalue weighted by Gasteiger charge is -2.36. The van der Waals surface area contributed by atoms with Gasteiger partial charge in [0.2, 0.25) is 0 Å². The van der Waals surface area contributed by atoms with Crippen LogP contribution in [0.25, 0.3) is 11.5 Å². The largest absolute Gasteiger partial charge is 0.458 e. The van der Waals surface area contributed by atoms with E-state index < -0.39 is 0 Å². The van der Waals surface area contributed by atoms with Crippen LogP contribution in [0.1, 0.15) is 31.4 Å². The second-order valence-corrected chi connectivity index (χ2v) is 7.92. The predicted octanol–water partition coefficient (Wildman–Crippen LogP) is 2.98. The van der Waals surface area contributed by atoms with Crippen molar-refractivity contribution in [3.63, 3.8) is 0 Å². The van der Waals surface area contributed by atoms with Gasteiger partial charge in [-0.2, -0.15) is 5.10 Å². The van der Waals surface area contributed by atoms with Crippen molar-refractivity contribution in [2.24, 2.45) is 11.8 Å². The van der Waals surface area contributed by atoms with Crippen molar-refractivity contribution in [3.05, 3.63) is 30.2 Å². The molecule has 2 aromatic rings. The molecular weight excluding hydrogens is 300 g/mol. The summed E-state index contributed by atoms with van der Waals surface area (Å²) >= 11 is 0. The second kappa shape index (κ2) is 6.05. The Kier molecular flexibility index (Phi) is 3.71. The number of nitrogens with one attached hydrogen (secondary N) is 1. The molecule has 1 saturated carbocycles. The molecule has 0 amide bonds. The summed E-state index contributed by atoms with van der Waals surface area (Å²) in [7, 11) is 0. The number of nitrogens with zero attached hydrogens (tertiary/aromatic N) is 3. The summed E-state index contributed by atoms with van der Waals surface area (Å²) in [5.74, 6) is 3.79. The van der Waals surface area contributed by atoms with Gasteiger partial charge in [-0.05, 0) is 55.7 Å². The van der Waals surface area contributed by atoms with E-state index in [4.69, 9.17) is 4.42 Å². The van der Waals surface area contributed by atoms with Crippen LogP contribution < -0.4 is 0 Å². The standard InChI is InChI=1S/C19H26N4O/c1-2-14(1)10-23-11-15-3-4-16(23)12-22(9-15)13-17-5-6-19(24-17)18-7-8-20-21-18/h5-8,14-16H,1-4,9-13H2,(H,20,21)/t15-,16+/m1/s1. The van der Waals surface area contributed by atoms with E-state index in [0.29, 0.717) is 0 Å². The Labute approximate surface area is 143 Å². The average molecular weight is 326 g/mol. The van der Waals surface area contributed by atoms with Crippen molar-refractivity contribution in [1.82, 2.24) is 20.0 Å². The van der Waals surface area contributed by atoms with Gasteiger partial charge in [0.05, 0.1) is 6.54 Å². The fourth-order valence-corrected chi connectivity index (χ4v) is 4.48. The molecule has 0 radical (unpaired) electrons. The molecule has 128 valence electrons. The van der Waals surface area contributed by atoms with Gasteiger partial charge >= 0.3 is 0 Å². The number of H-pyrrole nitrogens is 1. The molecule has 3 aliphatic heterocycles. The van der Waals surface area contributed by atoms with Gasteiger partial charge in [0.1, 0.15) is 11.5 Å². The maximum atomic E-state index is 6.04. The van der Waals surface area contributed by atoms with Crippen LogP contribution in [0, 0.1) is 11.8 Å². The molecule has 24 heavy (non-hydrogen) atoms. The lowest BCUT2D eigenvalue weighted by molar-refractivity contribution is 0.125. The Bertz CT molecular complexity index is 675. The SMILES string of the molecule is c1cc(-c2ccc(CN3C[C@H]4CC[C@@H](C3)N(CC3CC3)C4)o2)[nH]n1. The third-order valence-corrected chi connectivity index (χ3v) is 5.90. The van der Waals surface area contributed by atoms with E-state index in [1.807, 2.05) is 6.07 Å². The molecule has 1 N–H and O–H groups in total. The molecule has 0 unspecified atom stereocenters. The Morgan fingerprint density at radius 2 is 2.04 bits per heavy atom. The van der Waals surface area contributed by atoms with Crippen molar-refractivity contribution >= 4 is 0 Å². The molecule has 0 aromatic carbocycles. The van der Waals surface area contributed by atoms with E-state index >= 15 is 0 Å². The summed E-state index contributed by atoms with van der Waals surface area (Å²) in [5, 5.41) is 6.97. The normalized spacial score (nSPS) is 28.3. The van der Waals surface area contributed by atoms with E-state index in [-0.39, 0.29) is 0 Å². The topological polar surface area (TPSA) is 48.3 Å². The van der Waals surface area contributed by atoms with E-state index in [1.165, 1.54) is 51.9 Å². The average Bonchev–Trinajstić information content (AvgIpc) is 3.11. The van der Waals surface area contributed by atoms with Crippen molar-refractivity contribution in [2.45, 2.75) is 38.3 Å². The first kappa shape index (κ1) is 14.7. The molecule has 6 rings (SSSR count). The molecule has 3 saturated heterocycles. The first-order valence-electron chi connectivity index (χ1n) is 9.38.